The molecule has 6 heteroatoms. The van der Waals surface area contributed by atoms with Crippen LogP contribution in [0, 0.1) is 0 Å². The zero-order valence-corrected chi connectivity index (χ0v) is 17.7. The van der Waals surface area contributed by atoms with Crippen LogP contribution >= 0.6 is 35.4 Å². The van der Waals surface area contributed by atoms with E-state index in [4.69, 9.17) is 40.4 Å². The number of aliphatic imine (C=N–C) groups is 1. The van der Waals surface area contributed by atoms with E-state index in [-0.39, 0.29) is 5.91 Å². The Morgan fingerprint density at radius 3 is 2.29 bits per heavy atom. The van der Waals surface area contributed by atoms with Crippen molar-refractivity contribution < 1.29 is 4.79 Å². The Kier molecular flexibility index (Phi) is 5.55. The summed E-state index contributed by atoms with van der Waals surface area (Å²) in [6, 6.07) is 14.8. The topological polar surface area (TPSA) is 32.7 Å². The summed E-state index contributed by atoms with van der Waals surface area (Å²) in [5, 5.41) is 0.782. The maximum absolute atomic E-state index is 13.5. The highest BCUT2D eigenvalue weighted by molar-refractivity contribution is 7.82. The number of hydrogen-bond acceptors (Lipinski definition) is 3. The molecule has 28 heavy (non-hydrogen) atoms. The fourth-order valence-corrected chi connectivity index (χ4v) is 4.77. The minimum absolute atomic E-state index is 0.167. The average molecular weight is 431 g/mol. The SMILES string of the molecule is O=C(c1ccc(Cl)c(Cl)c1)N1C(=S)C(c2ccccc2)=NC12CCCCCC2. The van der Waals surface area contributed by atoms with Gasteiger partial charge in [0.2, 0.25) is 0 Å². The standard InChI is InChI=1S/C22H20Cl2N2OS/c23-17-11-10-16(14-18(17)24)20(27)26-21(28)19(15-8-4-3-5-9-15)25-22(26)12-6-1-2-7-13-22/h3-5,8-11,14H,1-2,6-7,12-13H2. The van der Waals surface area contributed by atoms with E-state index in [0.29, 0.717) is 20.6 Å². The first-order chi connectivity index (χ1) is 13.5. The zero-order chi connectivity index (χ0) is 19.7. The van der Waals surface area contributed by atoms with Crippen molar-refractivity contribution >= 4 is 52.0 Å². The Labute approximate surface area is 180 Å². The first-order valence-electron chi connectivity index (χ1n) is 9.51. The van der Waals surface area contributed by atoms with E-state index in [0.717, 1.165) is 49.8 Å². The Hall–Kier alpha value is -1.75. The molecule has 0 saturated heterocycles. The Morgan fingerprint density at radius 1 is 0.964 bits per heavy atom. The van der Waals surface area contributed by atoms with Gasteiger partial charge in [-0.25, -0.2) is 0 Å². The first-order valence-corrected chi connectivity index (χ1v) is 10.7. The molecule has 0 unspecified atom stereocenters. The Bertz CT molecular complexity index is 950. The summed E-state index contributed by atoms with van der Waals surface area (Å²) in [6.45, 7) is 0. The summed E-state index contributed by atoms with van der Waals surface area (Å²) in [6.07, 6.45) is 5.99. The van der Waals surface area contributed by atoms with Crippen molar-refractivity contribution in [2.75, 3.05) is 0 Å². The summed E-state index contributed by atoms with van der Waals surface area (Å²) < 4.78 is 0. The van der Waals surface area contributed by atoms with Crippen LogP contribution in [0.5, 0.6) is 0 Å². The summed E-state index contributed by atoms with van der Waals surface area (Å²) in [5.74, 6) is -0.167. The molecule has 1 aliphatic carbocycles. The predicted octanol–water partition coefficient (Wildman–Crippen LogP) is 6.32. The van der Waals surface area contributed by atoms with Crippen molar-refractivity contribution in [1.29, 1.82) is 0 Å². The molecule has 1 saturated carbocycles. The minimum atomic E-state index is -0.609. The molecule has 3 nitrogen and oxygen atoms in total. The normalized spacial score (nSPS) is 18.9. The number of nitrogens with zero attached hydrogens (tertiary/aromatic N) is 2. The second-order valence-electron chi connectivity index (χ2n) is 7.30. The zero-order valence-electron chi connectivity index (χ0n) is 15.3. The van der Waals surface area contributed by atoms with Crippen molar-refractivity contribution in [3.05, 3.63) is 69.7 Å². The number of thiocarbonyl (C=S) groups is 1. The molecule has 0 aromatic heterocycles. The van der Waals surface area contributed by atoms with Gasteiger partial charge in [-0.3, -0.25) is 14.7 Å². The third-order valence-electron chi connectivity index (χ3n) is 5.46. The van der Waals surface area contributed by atoms with E-state index in [1.807, 2.05) is 30.3 Å². The molecule has 0 N–H and O–H groups in total. The molecule has 1 amide bonds. The van der Waals surface area contributed by atoms with E-state index in [2.05, 4.69) is 0 Å². The molecular formula is C22H20Cl2N2OS. The van der Waals surface area contributed by atoms with Gasteiger partial charge in [-0.05, 0) is 43.9 Å². The van der Waals surface area contributed by atoms with Gasteiger partial charge in [0.05, 0.1) is 10.0 Å². The van der Waals surface area contributed by atoms with Gasteiger partial charge < -0.3 is 0 Å². The van der Waals surface area contributed by atoms with Crippen LogP contribution in [0.15, 0.2) is 53.5 Å². The number of carbonyl (C=O) groups excluding carboxylic acids is 1. The number of carbonyl (C=O) groups is 1. The lowest BCUT2D eigenvalue weighted by Crippen LogP contribution is -2.49. The quantitative estimate of drug-likeness (QED) is 0.522. The molecule has 1 aliphatic heterocycles. The fraction of sp³-hybridized carbons (Fsp3) is 0.318. The van der Waals surface area contributed by atoms with Gasteiger partial charge in [-0.1, -0.05) is 78.6 Å². The van der Waals surface area contributed by atoms with Crippen LogP contribution < -0.4 is 0 Å². The third-order valence-corrected chi connectivity index (χ3v) is 6.58. The molecule has 2 aromatic rings. The maximum atomic E-state index is 13.5. The van der Waals surface area contributed by atoms with Crippen LogP contribution in [-0.4, -0.2) is 27.2 Å². The minimum Gasteiger partial charge on any atom is -0.271 e. The molecule has 144 valence electrons. The lowest BCUT2D eigenvalue weighted by atomic mass is 9.99. The van der Waals surface area contributed by atoms with E-state index < -0.39 is 5.66 Å². The largest absolute Gasteiger partial charge is 0.271 e. The summed E-state index contributed by atoms with van der Waals surface area (Å²) >= 11 is 18.0. The third kappa shape index (κ3) is 3.49. The van der Waals surface area contributed by atoms with Crippen molar-refractivity contribution in [3.8, 4) is 0 Å². The number of halogens is 2. The molecule has 1 fully saturated rings. The highest BCUT2D eigenvalue weighted by atomic mass is 35.5. The second-order valence-corrected chi connectivity index (χ2v) is 8.50. The van der Waals surface area contributed by atoms with Crippen LogP contribution in [0.2, 0.25) is 10.0 Å². The number of hydrogen-bond donors (Lipinski definition) is 0. The number of rotatable bonds is 2. The molecular weight excluding hydrogens is 411 g/mol. The molecule has 4 rings (SSSR count). The maximum Gasteiger partial charge on any atom is 0.261 e. The smallest absolute Gasteiger partial charge is 0.261 e. The highest BCUT2D eigenvalue weighted by Gasteiger charge is 2.48. The van der Waals surface area contributed by atoms with Crippen LogP contribution in [0.4, 0.5) is 0 Å². The lowest BCUT2D eigenvalue weighted by Gasteiger charge is -2.35. The van der Waals surface area contributed by atoms with Crippen LogP contribution in [-0.2, 0) is 0 Å². The average Bonchev–Trinajstić information content (AvgIpc) is 2.83. The van der Waals surface area contributed by atoms with Gasteiger partial charge in [0, 0.05) is 11.1 Å². The van der Waals surface area contributed by atoms with Gasteiger partial charge >= 0.3 is 0 Å². The van der Waals surface area contributed by atoms with Crippen LogP contribution in [0.25, 0.3) is 0 Å². The molecule has 1 heterocycles. The summed E-state index contributed by atoms with van der Waals surface area (Å²) in [5.41, 5.74) is 1.54. The van der Waals surface area contributed by atoms with Gasteiger partial charge in [0.1, 0.15) is 16.4 Å². The van der Waals surface area contributed by atoms with Gasteiger partial charge in [-0.15, -0.1) is 0 Å². The predicted molar refractivity (Wildman–Crippen MR) is 119 cm³/mol. The van der Waals surface area contributed by atoms with E-state index in [9.17, 15) is 4.79 Å². The molecule has 1 spiro atoms. The highest BCUT2D eigenvalue weighted by Crippen LogP contribution is 2.40. The van der Waals surface area contributed by atoms with Gasteiger partial charge in [0.15, 0.2) is 0 Å². The van der Waals surface area contributed by atoms with Crippen LogP contribution in [0.3, 0.4) is 0 Å². The van der Waals surface area contributed by atoms with Crippen molar-refractivity contribution in [1.82, 2.24) is 4.90 Å². The molecule has 0 bridgehead atoms. The number of benzene rings is 2. The van der Waals surface area contributed by atoms with E-state index >= 15 is 0 Å². The fourth-order valence-electron chi connectivity index (χ4n) is 4.05. The Balaban J connectivity index is 1.79. The lowest BCUT2D eigenvalue weighted by molar-refractivity contribution is 0.0692. The molecule has 0 atom stereocenters. The van der Waals surface area contributed by atoms with Crippen molar-refractivity contribution in [2.24, 2.45) is 4.99 Å². The van der Waals surface area contributed by atoms with E-state index in [1.165, 1.54) is 0 Å². The molecule has 0 radical (unpaired) electrons. The van der Waals surface area contributed by atoms with E-state index in [1.54, 1.807) is 23.1 Å². The first kappa shape index (κ1) is 19.6. The molecule has 2 aliphatic rings. The van der Waals surface area contributed by atoms with Gasteiger partial charge in [-0.2, -0.15) is 0 Å². The second kappa shape index (κ2) is 7.94. The van der Waals surface area contributed by atoms with Crippen molar-refractivity contribution in [3.63, 3.8) is 0 Å². The summed E-state index contributed by atoms with van der Waals surface area (Å²) in [7, 11) is 0. The Morgan fingerprint density at radius 2 is 1.64 bits per heavy atom. The molecule has 2 aromatic carbocycles. The van der Waals surface area contributed by atoms with Crippen molar-refractivity contribution in [2.45, 2.75) is 44.2 Å². The monoisotopic (exact) mass is 430 g/mol. The number of amides is 1. The van der Waals surface area contributed by atoms with Crippen LogP contribution in [0.1, 0.15) is 54.4 Å². The summed E-state index contributed by atoms with van der Waals surface area (Å²) in [4.78, 5) is 20.8. The van der Waals surface area contributed by atoms with Gasteiger partial charge in [0.25, 0.3) is 5.91 Å².